The number of pyridine rings is 1. The van der Waals surface area contributed by atoms with Crippen LogP contribution in [0, 0.1) is 19.7 Å². The molecule has 4 N–H and O–H groups in total. The molecule has 4 aromatic rings. The van der Waals surface area contributed by atoms with E-state index in [0.29, 0.717) is 11.5 Å². The van der Waals surface area contributed by atoms with Gasteiger partial charge in [-0.05, 0) is 60.9 Å². The third-order valence-electron chi connectivity index (χ3n) is 4.75. The number of urea groups is 1. The van der Waals surface area contributed by atoms with Crippen LogP contribution in [0.5, 0.6) is 0 Å². The van der Waals surface area contributed by atoms with Crippen molar-refractivity contribution in [2.45, 2.75) is 13.8 Å². The molecular weight excluding hydrogens is 371 g/mol. The third-order valence-corrected chi connectivity index (χ3v) is 4.75. The Kier molecular flexibility index (Phi) is 4.59. The van der Waals surface area contributed by atoms with E-state index >= 15 is 0 Å². The van der Waals surface area contributed by atoms with Gasteiger partial charge in [0.1, 0.15) is 11.3 Å². The number of fused-ring (bicyclic) bond motifs is 1. The van der Waals surface area contributed by atoms with Gasteiger partial charge in [0, 0.05) is 17.4 Å². The van der Waals surface area contributed by atoms with Crippen LogP contribution < -0.4 is 16.4 Å². The molecule has 0 saturated heterocycles. The van der Waals surface area contributed by atoms with Crippen molar-refractivity contribution < 1.29 is 9.18 Å². The van der Waals surface area contributed by atoms with Crippen LogP contribution in [0.4, 0.5) is 26.4 Å². The molecule has 2 amide bonds. The lowest BCUT2D eigenvalue weighted by molar-refractivity contribution is 0.262. The summed E-state index contributed by atoms with van der Waals surface area (Å²) in [7, 11) is 0. The van der Waals surface area contributed by atoms with Crippen LogP contribution >= 0.6 is 0 Å². The lowest BCUT2D eigenvalue weighted by atomic mass is 10.1. The van der Waals surface area contributed by atoms with Crippen LogP contribution in [-0.2, 0) is 0 Å². The van der Waals surface area contributed by atoms with Gasteiger partial charge in [-0.3, -0.25) is 0 Å². The number of hydrogen-bond acceptors (Lipinski definition) is 4. The number of carbonyl (C=O) groups excluding carboxylic acids is 1. The monoisotopic (exact) mass is 390 g/mol. The van der Waals surface area contributed by atoms with Crippen molar-refractivity contribution in [1.29, 1.82) is 0 Å². The SMILES string of the molecule is Cc1cc(F)c(NC(=O)Nc2ccc(-c3cccn4nnc(N)c34)cc2)cc1C. The summed E-state index contributed by atoms with van der Waals surface area (Å²) in [5, 5.41) is 13.1. The Balaban J connectivity index is 1.52. The Labute approximate surface area is 166 Å². The lowest BCUT2D eigenvalue weighted by Crippen LogP contribution is -2.20. The highest BCUT2D eigenvalue weighted by Gasteiger charge is 2.11. The van der Waals surface area contributed by atoms with Crippen molar-refractivity contribution in [3.8, 4) is 11.1 Å². The van der Waals surface area contributed by atoms with E-state index in [0.717, 1.165) is 27.8 Å². The molecule has 0 bridgehead atoms. The summed E-state index contributed by atoms with van der Waals surface area (Å²) < 4.78 is 15.7. The van der Waals surface area contributed by atoms with Gasteiger partial charge in [0.25, 0.3) is 0 Å². The molecule has 29 heavy (non-hydrogen) atoms. The quantitative estimate of drug-likeness (QED) is 0.484. The van der Waals surface area contributed by atoms with E-state index in [1.54, 1.807) is 28.9 Å². The maximum atomic E-state index is 14.0. The Morgan fingerprint density at radius 1 is 1.07 bits per heavy atom. The number of carbonyl (C=O) groups is 1. The van der Waals surface area contributed by atoms with Crippen molar-refractivity contribution in [1.82, 2.24) is 14.8 Å². The fraction of sp³-hybridized carbons (Fsp3) is 0.0952. The number of benzene rings is 2. The van der Waals surface area contributed by atoms with Crippen molar-refractivity contribution in [2.75, 3.05) is 16.4 Å². The van der Waals surface area contributed by atoms with Gasteiger partial charge in [-0.1, -0.05) is 23.4 Å². The fourth-order valence-corrected chi connectivity index (χ4v) is 3.10. The second kappa shape index (κ2) is 7.23. The Bertz CT molecular complexity index is 1220. The molecule has 2 aromatic heterocycles. The molecule has 0 saturated carbocycles. The minimum absolute atomic E-state index is 0.137. The number of aromatic nitrogens is 3. The normalized spacial score (nSPS) is 10.9. The van der Waals surface area contributed by atoms with Crippen molar-refractivity contribution >= 4 is 28.7 Å². The average molecular weight is 390 g/mol. The minimum Gasteiger partial charge on any atom is -0.380 e. The average Bonchev–Trinajstić information content (AvgIpc) is 3.08. The molecule has 0 aliphatic rings. The number of aryl methyl sites for hydroxylation is 2. The van der Waals surface area contributed by atoms with Gasteiger partial charge in [-0.25, -0.2) is 13.7 Å². The molecule has 0 radical (unpaired) electrons. The molecule has 0 atom stereocenters. The second-order valence-electron chi connectivity index (χ2n) is 6.76. The van der Waals surface area contributed by atoms with Gasteiger partial charge in [0.15, 0.2) is 5.82 Å². The van der Waals surface area contributed by atoms with Crippen molar-refractivity contribution in [2.24, 2.45) is 0 Å². The summed E-state index contributed by atoms with van der Waals surface area (Å²) in [5.74, 6) is -0.128. The zero-order valence-electron chi connectivity index (χ0n) is 15.9. The maximum Gasteiger partial charge on any atom is 0.323 e. The van der Waals surface area contributed by atoms with E-state index < -0.39 is 11.8 Å². The fourth-order valence-electron chi connectivity index (χ4n) is 3.10. The zero-order chi connectivity index (χ0) is 20.5. The predicted molar refractivity (Wildman–Crippen MR) is 111 cm³/mol. The number of hydrogen-bond donors (Lipinski definition) is 3. The van der Waals surface area contributed by atoms with Crippen molar-refractivity contribution in [3.63, 3.8) is 0 Å². The zero-order valence-corrected chi connectivity index (χ0v) is 15.9. The highest BCUT2D eigenvalue weighted by molar-refractivity contribution is 6.00. The number of amides is 2. The molecule has 0 aliphatic heterocycles. The third kappa shape index (κ3) is 3.60. The van der Waals surface area contributed by atoms with Crippen LogP contribution in [0.1, 0.15) is 11.1 Å². The Hall–Kier alpha value is -3.94. The van der Waals surface area contributed by atoms with Crippen LogP contribution in [-0.4, -0.2) is 20.9 Å². The Morgan fingerprint density at radius 3 is 2.55 bits per heavy atom. The van der Waals surface area contributed by atoms with E-state index in [-0.39, 0.29) is 5.69 Å². The molecular formula is C21H19FN6O. The van der Waals surface area contributed by atoms with E-state index in [2.05, 4.69) is 20.9 Å². The number of nitrogens with one attached hydrogen (secondary N) is 2. The molecule has 0 aliphatic carbocycles. The van der Waals surface area contributed by atoms with Gasteiger partial charge in [0.2, 0.25) is 0 Å². The van der Waals surface area contributed by atoms with Crippen LogP contribution in [0.3, 0.4) is 0 Å². The molecule has 146 valence electrons. The van der Waals surface area contributed by atoms with E-state index in [1.807, 2.05) is 38.1 Å². The van der Waals surface area contributed by atoms with Gasteiger partial charge in [-0.15, -0.1) is 5.10 Å². The molecule has 2 aromatic carbocycles. The van der Waals surface area contributed by atoms with Crippen molar-refractivity contribution in [3.05, 3.63) is 71.7 Å². The summed E-state index contributed by atoms with van der Waals surface area (Å²) in [6.45, 7) is 3.68. The standard InChI is InChI=1S/C21H19FN6O/c1-12-10-17(22)18(11-13(12)2)25-21(29)24-15-7-5-14(6-8-15)16-4-3-9-28-19(16)20(23)26-27-28/h3-11H,23H2,1-2H3,(H2,24,25,29). The highest BCUT2D eigenvalue weighted by atomic mass is 19.1. The first-order valence-corrected chi connectivity index (χ1v) is 8.97. The predicted octanol–water partition coefficient (Wildman–Crippen LogP) is 4.38. The number of anilines is 3. The second-order valence-corrected chi connectivity index (χ2v) is 6.76. The van der Waals surface area contributed by atoms with E-state index in [4.69, 9.17) is 5.73 Å². The number of nitrogens with zero attached hydrogens (tertiary/aromatic N) is 3. The summed E-state index contributed by atoms with van der Waals surface area (Å²) in [6.07, 6.45) is 1.77. The smallest absolute Gasteiger partial charge is 0.323 e. The molecule has 4 rings (SSSR count). The summed E-state index contributed by atoms with van der Waals surface area (Å²) in [4.78, 5) is 12.2. The molecule has 0 unspecified atom stereocenters. The first-order valence-electron chi connectivity index (χ1n) is 8.97. The Morgan fingerprint density at radius 2 is 1.79 bits per heavy atom. The number of rotatable bonds is 3. The van der Waals surface area contributed by atoms with Gasteiger partial charge in [0.05, 0.1) is 5.69 Å². The maximum absolute atomic E-state index is 14.0. The first kappa shape index (κ1) is 18.4. The summed E-state index contributed by atoms with van der Waals surface area (Å²) in [5.41, 5.74) is 10.9. The molecule has 2 heterocycles. The highest BCUT2D eigenvalue weighted by Crippen LogP contribution is 2.28. The van der Waals surface area contributed by atoms with Gasteiger partial charge < -0.3 is 16.4 Å². The molecule has 0 fully saturated rings. The van der Waals surface area contributed by atoms with E-state index in [1.165, 1.54) is 6.07 Å². The van der Waals surface area contributed by atoms with Crippen LogP contribution in [0.25, 0.3) is 16.6 Å². The summed E-state index contributed by atoms with van der Waals surface area (Å²) >= 11 is 0. The topological polar surface area (TPSA) is 97.3 Å². The van der Waals surface area contributed by atoms with Gasteiger partial charge in [-0.2, -0.15) is 0 Å². The van der Waals surface area contributed by atoms with E-state index in [9.17, 15) is 9.18 Å². The lowest BCUT2D eigenvalue weighted by Gasteiger charge is -2.11. The molecule has 0 spiro atoms. The molecule has 8 heteroatoms. The minimum atomic E-state index is -0.522. The largest absolute Gasteiger partial charge is 0.380 e. The number of nitrogens with two attached hydrogens (primary N) is 1. The summed E-state index contributed by atoms with van der Waals surface area (Å²) in [6, 6.07) is 13.5. The molecule has 7 nitrogen and oxygen atoms in total. The van der Waals surface area contributed by atoms with Crippen LogP contribution in [0.15, 0.2) is 54.7 Å². The number of halogens is 1. The van der Waals surface area contributed by atoms with Gasteiger partial charge >= 0.3 is 6.03 Å². The van der Waals surface area contributed by atoms with Crippen LogP contribution in [0.2, 0.25) is 0 Å². The number of nitrogen functional groups attached to an aromatic ring is 1. The first-order chi connectivity index (χ1) is 13.9.